The van der Waals surface area contributed by atoms with Gasteiger partial charge >= 0.3 is 0 Å². The van der Waals surface area contributed by atoms with E-state index in [1.165, 1.54) is 4.88 Å². The molecule has 3 atom stereocenters. The molecule has 0 spiro atoms. The van der Waals surface area contributed by atoms with E-state index >= 15 is 0 Å². The topological polar surface area (TPSA) is 67.2 Å². The van der Waals surface area contributed by atoms with E-state index in [4.69, 9.17) is 0 Å². The van der Waals surface area contributed by atoms with Gasteiger partial charge in [0.05, 0.1) is 24.7 Å². The SMILES string of the molecule is C[C@@H]1C[C@H]1C(=O)N1Cc2ccnn2[C@H](CC(=O)NCCc2cccs2)C1. The smallest absolute Gasteiger partial charge is 0.226 e. The van der Waals surface area contributed by atoms with Crippen LogP contribution in [0.1, 0.15) is 36.4 Å². The Hall–Kier alpha value is -2.15. The van der Waals surface area contributed by atoms with Gasteiger partial charge in [0.2, 0.25) is 11.8 Å². The highest BCUT2D eigenvalue weighted by Crippen LogP contribution is 2.40. The van der Waals surface area contributed by atoms with E-state index in [1.54, 1.807) is 17.5 Å². The molecule has 1 aliphatic carbocycles. The number of hydrogen-bond donors (Lipinski definition) is 1. The maximum Gasteiger partial charge on any atom is 0.226 e. The number of carbonyl (C=O) groups is 2. The van der Waals surface area contributed by atoms with E-state index in [9.17, 15) is 9.59 Å². The number of amides is 2. The predicted octanol–water partition coefficient (Wildman–Crippen LogP) is 2.23. The average molecular weight is 372 g/mol. The lowest BCUT2D eigenvalue weighted by Crippen LogP contribution is -2.43. The van der Waals surface area contributed by atoms with Crippen molar-refractivity contribution in [2.75, 3.05) is 13.1 Å². The minimum absolute atomic E-state index is 0.0158. The van der Waals surface area contributed by atoms with E-state index in [-0.39, 0.29) is 23.8 Å². The summed E-state index contributed by atoms with van der Waals surface area (Å²) in [5.41, 5.74) is 1.01. The Kier molecular flexibility index (Phi) is 4.80. The van der Waals surface area contributed by atoms with Gasteiger partial charge in [0.1, 0.15) is 0 Å². The molecule has 1 saturated carbocycles. The molecule has 1 N–H and O–H groups in total. The maximum absolute atomic E-state index is 12.6. The number of hydrogen-bond acceptors (Lipinski definition) is 4. The zero-order chi connectivity index (χ0) is 18.1. The van der Waals surface area contributed by atoms with Crippen molar-refractivity contribution in [2.24, 2.45) is 11.8 Å². The predicted molar refractivity (Wildman–Crippen MR) is 99.6 cm³/mol. The monoisotopic (exact) mass is 372 g/mol. The fraction of sp³-hybridized carbons (Fsp3) is 0.526. The van der Waals surface area contributed by atoms with Crippen LogP contribution in [0.2, 0.25) is 0 Å². The van der Waals surface area contributed by atoms with Crippen molar-refractivity contribution in [2.45, 2.75) is 38.8 Å². The van der Waals surface area contributed by atoms with E-state index in [0.717, 1.165) is 18.5 Å². The van der Waals surface area contributed by atoms with Crippen LogP contribution in [-0.4, -0.2) is 39.6 Å². The average Bonchev–Trinajstić information content (AvgIpc) is 3.05. The molecule has 0 radical (unpaired) electrons. The maximum atomic E-state index is 12.6. The van der Waals surface area contributed by atoms with Gasteiger partial charge in [-0.15, -0.1) is 11.3 Å². The highest BCUT2D eigenvalue weighted by molar-refractivity contribution is 7.09. The molecule has 1 fully saturated rings. The van der Waals surface area contributed by atoms with Crippen molar-refractivity contribution in [3.63, 3.8) is 0 Å². The number of nitrogens with one attached hydrogen (secondary N) is 1. The molecule has 4 rings (SSSR count). The Morgan fingerprint density at radius 3 is 2.96 bits per heavy atom. The minimum atomic E-state index is -0.0894. The number of nitrogens with zero attached hydrogens (tertiary/aromatic N) is 3. The second kappa shape index (κ2) is 7.23. The van der Waals surface area contributed by atoms with Gasteiger partial charge in [0, 0.05) is 30.1 Å². The quantitative estimate of drug-likeness (QED) is 0.846. The Balaban J connectivity index is 1.35. The van der Waals surface area contributed by atoms with Crippen LogP contribution in [-0.2, 0) is 22.6 Å². The van der Waals surface area contributed by atoms with Crippen molar-refractivity contribution >= 4 is 23.2 Å². The van der Waals surface area contributed by atoms with Crippen LogP contribution < -0.4 is 5.32 Å². The van der Waals surface area contributed by atoms with Gasteiger partial charge in [0.25, 0.3) is 0 Å². The summed E-state index contributed by atoms with van der Waals surface area (Å²) in [6.07, 6.45) is 3.95. The Morgan fingerprint density at radius 1 is 1.38 bits per heavy atom. The summed E-state index contributed by atoms with van der Waals surface area (Å²) in [4.78, 5) is 28.2. The van der Waals surface area contributed by atoms with Crippen LogP contribution in [0.5, 0.6) is 0 Å². The lowest BCUT2D eigenvalue weighted by molar-refractivity contribution is -0.136. The third kappa shape index (κ3) is 3.67. The van der Waals surface area contributed by atoms with E-state index in [0.29, 0.717) is 32.0 Å². The summed E-state index contributed by atoms with van der Waals surface area (Å²) in [6, 6.07) is 5.96. The Morgan fingerprint density at radius 2 is 2.23 bits per heavy atom. The first-order valence-corrected chi connectivity index (χ1v) is 10.1. The fourth-order valence-electron chi connectivity index (χ4n) is 3.67. The molecular formula is C19H24N4O2S. The zero-order valence-corrected chi connectivity index (χ0v) is 15.7. The number of fused-ring (bicyclic) bond motifs is 1. The first-order valence-electron chi connectivity index (χ1n) is 9.22. The molecule has 2 aromatic rings. The largest absolute Gasteiger partial charge is 0.356 e. The van der Waals surface area contributed by atoms with Crippen LogP contribution in [0.15, 0.2) is 29.8 Å². The highest BCUT2D eigenvalue weighted by Gasteiger charge is 2.43. The number of thiophene rings is 1. The lowest BCUT2D eigenvalue weighted by Gasteiger charge is -2.34. The summed E-state index contributed by atoms with van der Waals surface area (Å²) in [7, 11) is 0. The van der Waals surface area contributed by atoms with Gasteiger partial charge in [-0.1, -0.05) is 13.0 Å². The molecule has 7 heteroatoms. The number of rotatable bonds is 6. The summed E-state index contributed by atoms with van der Waals surface area (Å²) in [5, 5.41) is 9.43. The molecule has 0 unspecified atom stereocenters. The van der Waals surface area contributed by atoms with Gasteiger partial charge in [0.15, 0.2) is 0 Å². The standard InChI is InChI=1S/C19H24N4O2S/c1-13-9-17(13)19(25)22-11-14-4-7-21-23(14)15(12-22)10-18(24)20-6-5-16-3-2-8-26-16/h2-4,7-8,13,15,17H,5-6,9-12H2,1H3,(H,20,24)/t13-,15-,17-/m1/s1. The van der Waals surface area contributed by atoms with Crippen molar-refractivity contribution in [3.8, 4) is 0 Å². The molecular weight excluding hydrogens is 348 g/mol. The highest BCUT2D eigenvalue weighted by atomic mass is 32.1. The minimum Gasteiger partial charge on any atom is -0.356 e. The van der Waals surface area contributed by atoms with Crippen LogP contribution in [0.4, 0.5) is 0 Å². The van der Waals surface area contributed by atoms with Crippen molar-refractivity contribution in [1.82, 2.24) is 20.0 Å². The van der Waals surface area contributed by atoms with Gasteiger partial charge in [-0.2, -0.15) is 5.10 Å². The summed E-state index contributed by atoms with van der Waals surface area (Å²) < 4.78 is 1.92. The van der Waals surface area contributed by atoms with Crippen LogP contribution in [0.3, 0.4) is 0 Å². The fourth-order valence-corrected chi connectivity index (χ4v) is 4.38. The molecule has 6 nitrogen and oxygen atoms in total. The number of carbonyl (C=O) groups excluding carboxylic acids is 2. The van der Waals surface area contributed by atoms with Crippen LogP contribution >= 0.6 is 11.3 Å². The number of aromatic nitrogens is 2. The molecule has 1 aliphatic heterocycles. The second-order valence-corrected chi connectivity index (χ2v) is 8.37. The second-order valence-electron chi connectivity index (χ2n) is 7.34. The summed E-state index contributed by atoms with van der Waals surface area (Å²) in [6.45, 7) is 3.92. The van der Waals surface area contributed by atoms with Gasteiger partial charge in [-0.05, 0) is 36.3 Å². The zero-order valence-electron chi connectivity index (χ0n) is 14.9. The normalized spacial score (nSPS) is 24.2. The first kappa shape index (κ1) is 17.3. The van der Waals surface area contributed by atoms with Crippen molar-refractivity contribution in [3.05, 3.63) is 40.3 Å². The molecule has 2 aromatic heterocycles. The van der Waals surface area contributed by atoms with Gasteiger partial charge in [-0.25, -0.2) is 0 Å². The third-order valence-electron chi connectivity index (χ3n) is 5.32. The third-order valence-corrected chi connectivity index (χ3v) is 6.25. The first-order chi connectivity index (χ1) is 12.6. The molecule has 138 valence electrons. The summed E-state index contributed by atoms with van der Waals surface area (Å²) in [5.74, 6) is 0.910. The molecule has 26 heavy (non-hydrogen) atoms. The van der Waals surface area contributed by atoms with Crippen LogP contribution in [0, 0.1) is 11.8 Å². The molecule has 0 aromatic carbocycles. The van der Waals surface area contributed by atoms with Crippen molar-refractivity contribution in [1.29, 1.82) is 0 Å². The van der Waals surface area contributed by atoms with Crippen molar-refractivity contribution < 1.29 is 9.59 Å². The molecule has 0 saturated heterocycles. The van der Waals surface area contributed by atoms with Gasteiger partial charge in [-0.3, -0.25) is 14.3 Å². The molecule has 2 amide bonds. The molecule has 2 aliphatic rings. The molecule has 0 bridgehead atoms. The lowest BCUT2D eigenvalue weighted by atomic mass is 10.1. The van der Waals surface area contributed by atoms with E-state index < -0.39 is 0 Å². The Labute approximate surface area is 157 Å². The van der Waals surface area contributed by atoms with Crippen LogP contribution in [0.25, 0.3) is 0 Å². The van der Waals surface area contributed by atoms with Gasteiger partial charge < -0.3 is 10.2 Å². The van der Waals surface area contributed by atoms with E-state index in [1.807, 2.05) is 27.1 Å². The van der Waals surface area contributed by atoms with E-state index in [2.05, 4.69) is 23.4 Å². The molecule has 3 heterocycles. The Bertz CT molecular complexity index is 785. The summed E-state index contributed by atoms with van der Waals surface area (Å²) >= 11 is 1.70.